The lowest BCUT2D eigenvalue weighted by Crippen LogP contribution is -2.42. The summed E-state index contributed by atoms with van der Waals surface area (Å²) in [4.78, 5) is 12.1. The molecule has 0 radical (unpaired) electrons. The summed E-state index contributed by atoms with van der Waals surface area (Å²) >= 11 is 0. The van der Waals surface area contributed by atoms with Gasteiger partial charge < -0.3 is 15.8 Å². The first-order valence-electron chi connectivity index (χ1n) is 7.98. The molecule has 4 nitrogen and oxygen atoms in total. The van der Waals surface area contributed by atoms with Crippen molar-refractivity contribution in [1.29, 1.82) is 0 Å². The lowest BCUT2D eigenvalue weighted by Gasteiger charge is -2.13. The van der Waals surface area contributed by atoms with Crippen molar-refractivity contribution in [1.82, 2.24) is 5.32 Å². The van der Waals surface area contributed by atoms with Crippen LogP contribution in [0.1, 0.15) is 18.1 Å². The van der Waals surface area contributed by atoms with E-state index in [2.05, 4.69) is 5.32 Å². The molecule has 0 saturated carbocycles. The average Bonchev–Trinajstić information content (AvgIpc) is 2.57. The second kappa shape index (κ2) is 10.7. The van der Waals surface area contributed by atoms with Crippen molar-refractivity contribution in [3.8, 4) is 5.75 Å². The zero-order valence-electron chi connectivity index (χ0n) is 13.9. The van der Waals surface area contributed by atoms with Crippen LogP contribution in [0.5, 0.6) is 5.75 Å². The summed E-state index contributed by atoms with van der Waals surface area (Å²) < 4.78 is 5.58. The molecule has 2 aromatic rings. The Morgan fingerprint density at radius 2 is 1.79 bits per heavy atom. The molecule has 2 aromatic carbocycles. The lowest BCUT2D eigenvalue weighted by molar-refractivity contribution is -0.122. The van der Waals surface area contributed by atoms with Crippen molar-refractivity contribution in [2.75, 3.05) is 13.2 Å². The predicted octanol–water partition coefficient (Wildman–Crippen LogP) is 2.74. The van der Waals surface area contributed by atoms with Crippen LogP contribution in [-0.4, -0.2) is 25.1 Å². The van der Waals surface area contributed by atoms with Gasteiger partial charge >= 0.3 is 0 Å². The van der Waals surface area contributed by atoms with Crippen molar-refractivity contribution in [2.24, 2.45) is 5.73 Å². The normalized spacial score (nSPS) is 11.2. The number of amides is 1. The summed E-state index contributed by atoms with van der Waals surface area (Å²) in [6.07, 6.45) is 1.27. The minimum atomic E-state index is -0.528. The minimum absolute atomic E-state index is 0. The average molecular weight is 349 g/mol. The first kappa shape index (κ1) is 20.0. The summed E-state index contributed by atoms with van der Waals surface area (Å²) in [6, 6.07) is 17.2. The van der Waals surface area contributed by atoms with E-state index in [9.17, 15) is 4.79 Å². The highest BCUT2D eigenvalue weighted by atomic mass is 35.5. The van der Waals surface area contributed by atoms with Gasteiger partial charge in [0.25, 0.3) is 0 Å². The molecule has 0 aliphatic heterocycles. The summed E-state index contributed by atoms with van der Waals surface area (Å²) in [7, 11) is 0. The van der Waals surface area contributed by atoms with Crippen molar-refractivity contribution < 1.29 is 9.53 Å². The van der Waals surface area contributed by atoms with Gasteiger partial charge in [0.2, 0.25) is 5.91 Å². The number of carbonyl (C=O) groups is 1. The van der Waals surface area contributed by atoms with E-state index in [0.717, 1.165) is 23.3 Å². The highest BCUT2D eigenvalue weighted by Gasteiger charge is 2.13. The molecule has 0 fully saturated rings. The maximum Gasteiger partial charge on any atom is 0.237 e. The molecule has 0 aliphatic carbocycles. The number of carbonyl (C=O) groups excluding carboxylic acids is 1. The fourth-order valence-electron chi connectivity index (χ4n) is 2.42. The minimum Gasteiger partial charge on any atom is -0.494 e. The van der Waals surface area contributed by atoms with E-state index in [1.807, 2.05) is 61.5 Å². The van der Waals surface area contributed by atoms with Gasteiger partial charge in [0.1, 0.15) is 5.75 Å². The second-order valence-corrected chi connectivity index (χ2v) is 5.38. The zero-order chi connectivity index (χ0) is 16.5. The molecule has 2 rings (SSSR count). The molecule has 0 bridgehead atoms. The summed E-state index contributed by atoms with van der Waals surface area (Å²) in [5.41, 5.74) is 8.13. The Hall–Kier alpha value is -2.04. The highest BCUT2D eigenvalue weighted by Crippen LogP contribution is 2.17. The number of hydrogen-bond donors (Lipinski definition) is 2. The molecule has 0 spiro atoms. The first-order valence-corrected chi connectivity index (χ1v) is 7.98. The van der Waals surface area contributed by atoms with Crippen LogP contribution in [0.25, 0.3) is 0 Å². The van der Waals surface area contributed by atoms with Crippen LogP contribution < -0.4 is 15.8 Å². The van der Waals surface area contributed by atoms with Gasteiger partial charge in [-0.25, -0.2) is 0 Å². The van der Waals surface area contributed by atoms with Crippen LogP contribution in [0.2, 0.25) is 0 Å². The Balaban J connectivity index is 0.00000288. The van der Waals surface area contributed by atoms with Crippen LogP contribution in [0, 0.1) is 0 Å². The van der Waals surface area contributed by atoms with E-state index >= 15 is 0 Å². The molecule has 0 unspecified atom stereocenters. The van der Waals surface area contributed by atoms with Crippen LogP contribution in [0.4, 0.5) is 0 Å². The number of nitrogens with two attached hydrogens (primary N) is 1. The molecule has 0 aromatic heterocycles. The first-order chi connectivity index (χ1) is 11.2. The predicted molar refractivity (Wildman–Crippen MR) is 99.7 cm³/mol. The van der Waals surface area contributed by atoms with E-state index in [-0.39, 0.29) is 18.3 Å². The highest BCUT2D eigenvalue weighted by molar-refractivity contribution is 5.85. The van der Waals surface area contributed by atoms with E-state index in [1.165, 1.54) is 0 Å². The zero-order valence-corrected chi connectivity index (χ0v) is 14.7. The monoisotopic (exact) mass is 348 g/mol. The summed E-state index contributed by atoms with van der Waals surface area (Å²) in [5, 5.41) is 2.90. The van der Waals surface area contributed by atoms with Gasteiger partial charge in [-0.2, -0.15) is 0 Å². The van der Waals surface area contributed by atoms with Crippen LogP contribution in [-0.2, 0) is 17.6 Å². The SMILES string of the molecule is CCOc1ccccc1CCNC(=O)[C@@H](N)Cc1ccccc1.Cl. The summed E-state index contributed by atoms with van der Waals surface area (Å²) in [5.74, 6) is 0.751. The van der Waals surface area contributed by atoms with Gasteiger partial charge in [0, 0.05) is 6.54 Å². The summed E-state index contributed by atoms with van der Waals surface area (Å²) in [6.45, 7) is 3.14. The topological polar surface area (TPSA) is 64.3 Å². The van der Waals surface area contributed by atoms with Crippen molar-refractivity contribution in [3.63, 3.8) is 0 Å². The van der Waals surface area contributed by atoms with E-state index in [4.69, 9.17) is 10.5 Å². The molecule has 24 heavy (non-hydrogen) atoms. The quantitative estimate of drug-likeness (QED) is 0.771. The molecule has 0 saturated heterocycles. The van der Waals surface area contributed by atoms with E-state index in [0.29, 0.717) is 19.6 Å². The molecule has 0 heterocycles. The van der Waals surface area contributed by atoms with Crippen LogP contribution in [0.3, 0.4) is 0 Å². The Bertz CT molecular complexity index is 620. The maximum atomic E-state index is 12.1. The Labute approximate surface area is 149 Å². The standard InChI is InChI=1S/C19H24N2O2.ClH/c1-2-23-18-11-7-6-10-16(18)12-13-21-19(22)17(20)14-15-8-4-3-5-9-15;/h3-11,17H,2,12-14,20H2,1H3,(H,21,22);1H/t17-;/m0./s1. The molecular formula is C19H25ClN2O2. The lowest BCUT2D eigenvalue weighted by atomic mass is 10.1. The third-order valence-electron chi connectivity index (χ3n) is 3.60. The molecule has 1 atom stereocenters. The number of ether oxygens (including phenoxy) is 1. The number of nitrogens with one attached hydrogen (secondary N) is 1. The third-order valence-corrected chi connectivity index (χ3v) is 3.60. The second-order valence-electron chi connectivity index (χ2n) is 5.38. The maximum absolute atomic E-state index is 12.1. The molecule has 130 valence electrons. The third kappa shape index (κ3) is 6.22. The van der Waals surface area contributed by atoms with Gasteiger partial charge in [-0.1, -0.05) is 48.5 Å². The number of rotatable bonds is 8. The fourth-order valence-corrected chi connectivity index (χ4v) is 2.42. The van der Waals surface area contributed by atoms with Gasteiger partial charge in [-0.15, -0.1) is 12.4 Å². The largest absolute Gasteiger partial charge is 0.494 e. The molecule has 5 heteroatoms. The van der Waals surface area contributed by atoms with Crippen molar-refractivity contribution in [3.05, 3.63) is 65.7 Å². The van der Waals surface area contributed by atoms with Crippen LogP contribution >= 0.6 is 12.4 Å². The smallest absolute Gasteiger partial charge is 0.237 e. The molecular weight excluding hydrogens is 324 g/mol. The number of hydrogen-bond acceptors (Lipinski definition) is 3. The van der Waals surface area contributed by atoms with Gasteiger partial charge in [0.05, 0.1) is 12.6 Å². The fraction of sp³-hybridized carbons (Fsp3) is 0.316. The van der Waals surface area contributed by atoms with E-state index < -0.39 is 6.04 Å². The molecule has 0 aliphatic rings. The Morgan fingerprint density at radius 1 is 1.12 bits per heavy atom. The Kier molecular flexibility index (Phi) is 8.90. The van der Waals surface area contributed by atoms with Crippen LogP contribution in [0.15, 0.2) is 54.6 Å². The van der Waals surface area contributed by atoms with Gasteiger partial charge in [-0.05, 0) is 37.0 Å². The van der Waals surface area contributed by atoms with Crippen molar-refractivity contribution >= 4 is 18.3 Å². The Morgan fingerprint density at radius 3 is 2.50 bits per heavy atom. The van der Waals surface area contributed by atoms with E-state index in [1.54, 1.807) is 0 Å². The number of para-hydroxylation sites is 1. The number of halogens is 1. The number of benzene rings is 2. The molecule has 3 N–H and O–H groups in total. The van der Waals surface area contributed by atoms with Gasteiger partial charge in [0.15, 0.2) is 0 Å². The molecule has 1 amide bonds. The van der Waals surface area contributed by atoms with Gasteiger partial charge in [-0.3, -0.25) is 4.79 Å². The van der Waals surface area contributed by atoms with Crippen molar-refractivity contribution in [2.45, 2.75) is 25.8 Å².